The number of rotatable bonds is 2. The van der Waals surface area contributed by atoms with Gasteiger partial charge in [0.25, 0.3) is 0 Å². The first-order valence-electron chi connectivity index (χ1n) is 8.26. The molecule has 0 aromatic carbocycles. The summed E-state index contributed by atoms with van der Waals surface area (Å²) < 4.78 is 10.9. The number of fused-ring (bicyclic) bond motifs is 1. The molecule has 1 heterocycles. The van der Waals surface area contributed by atoms with E-state index in [0.29, 0.717) is 5.57 Å². The zero-order chi connectivity index (χ0) is 18.9. The van der Waals surface area contributed by atoms with Gasteiger partial charge in [0.15, 0.2) is 5.78 Å². The number of aliphatic hydroxyl groups is 1. The van der Waals surface area contributed by atoms with Gasteiger partial charge >= 0.3 is 11.9 Å². The Morgan fingerprint density at radius 1 is 1.44 bits per heavy atom. The first kappa shape index (κ1) is 19.1. The fourth-order valence-corrected chi connectivity index (χ4v) is 2.90. The Bertz CT molecular complexity index is 667. The van der Waals surface area contributed by atoms with Crippen LogP contribution in [0.5, 0.6) is 0 Å². The Hall–Kier alpha value is -2.21. The molecule has 1 N–H and O–H groups in total. The van der Waals surface area contributed by atoms with Crippen LogP contribution < -0.4 is 0 Å². The molecule has 1 aliphatic heterocycles. The molecule has 0 aromatic rings. The molecule has 0 spiro atoms. The number of allylic oxidation sites excluding steroid dienone is 2. The maximum atomic E-state index is 12.1. The number of hydrogen-bond acceptors (Lipinski definition) is 6. The summed E-state index contributed by atoms with van der Waals surface area (Å²) in [6, 6.07) is 0. The minimum atomic E-state index is -1.40. The average molecular weight is 348 g/mol. The van der Waals surface area contributed by atoms with Gasteiger partial charge in [0.1, 0.15) is 12.2 Å². The zero-order valence-corrected chi connectivity index (χ0v) is 14.9. The van der Waals surface area contributed by atoms with Gasteiger partial charge in [-0.3, -0.25) is 9.59 Å². The Balaban J connectivity index is 2.49. The molecule has 25 heavy (non-hydrogen) atoms. The second kappa shape index (κ2) is 6.96. The zero-order valence-electron chi connectivity index (χ0n) is 14.9. The van der Waals surface area contributed by atoms with Crippen LogP contribution in [0.3, 0.4) is 0 Å². The van der Waals surface area contributed by atoms with Crippen LogP contribution in [-0.4, -0.2) is 40.6 Å². The van der Waals surface area contributed by atoms with Gasteiger partial charge in [-0.05, 0) is 37.6 Å². The molecule has 0 aromatic heterocycles. The summed E-state index contributed by atoms with van der Waals surface area (Å²) >= 11 is 0. The van der Waals surface area contributed by atoms with Crippen molar-refractivity contribution in [2.45, 2.75) is 51.9 Å². The Labute approximate surface area is 147 Å². The summed E-state index contributed by atoms with van der Waals surface area (Å²) in [6.07, 6.45) is 2.64. The second-order valence-electron chi connectivity index (χ2n) is 7.16. The summed E-state index contributed by atoms with van der Waals surface area (Å²) in [5, 5.41) is 10.6. The minimum absolute atomic E-state index is 0.0129. The molecule has 2 aliphatic rings. The van der Waals surface area contributed by atoms with Gasteiger partial charge in [0.05, 0.1) is 17.4 Å². The highest BCUT2D eigenvalue weighted by Gasteiger charge is 2.46. The van der Waals surface area contributed by atoms with Crippen molar-refractivity contribution in [3.05, 3.63) is 36.0 Å². The Morgan fingerprint density at radius 2 is 2.08 bits per heavy atom. The van der Waals surface area contributed by atoms with Crippen molar-refractivity contribution in [2.75, 3.05) is 0 Å². The van der Waals surface area contributed by atoms with Crippen molar-refractivity contribution in [3.63, 3.8) is 0 Å². The van der Waals surface area contributed by atoms with Gasteiger partial charge in [0.2, 0.25) is 0 Å². The van der Waals surface area contributed by atoms with Crippen LogP contribution >= 0.6 is 0 Å². The number of carbonyl (C=O) groups is 3. The van der Waals surface area contributed by atoms with Crippen LogP contribution in [0.2, 0.25) is 0 Å². The van der Waals surface area contributed by atoms with Crippen LogP contribution in [0.4, 0.5) is 0 Å². The number of esters is 2. The first-order valence-corrected chi connectivity index (χ1v) is 8.26. The average Bonchev–Trinajstić information content (AvgIpc) is 2.77. The standard InChI is InChI=1S/C19H24O6/c1-10(2)17(21)25-15-9-19(5,23)7-6-13(20)11(3)8-14-16(15)12(4)18(22)24-14/h6-8,10,14-16,23H,4,9H2,1-3,5H3/b7-6+,11-8-. The highest BCUT2D eigenvalue weighted by Crippen LogP contribution is 2.37. The van der Waals surface area contributed by atoms with Crippen molar-refractivity contribution in [2.24, 2.45) is 11.8 Å². The molecule has 1 fully saturated rings. The monoisotopic (exact) mass is 348 g/mol. The van der Waals surface area contributed by atoms with Crippen molar-refractivity contribution in [3.8, 4) is 0 Å². The molecular formula is C19H24O6. The molecular weight excluding hydrogens is 324 g/mol. The smallest absolute Gasteiger partial charge is 0.334 e. The van der Waals surface area contributed by atoms with E-state index in [0.717, 1.165) is 0 Å². The first-order chi connectivity index (χ1) is 11.5. The molecule has 0 bridgehead atoms. The quantitative estimate of drug-likeness (QED) is 0.605. The number of carbonyl (C=O) groups excluding carboxylic acids is 3. The molecule has 0 saturated carbocycles. The van der Waals surface area contributed by atoms with Crippen molar-refractivity contribution >= 4 is 17.7 Å². The highest BCUT2D eigenvalue weighted by molar-refractivity contribution is 6.03. The lowest BCUT2D eigenvalue weighted by Gasteiger charge is -2.32. The molecule has 6 heteroatoms. The molecule has 1 aliphatic carbocycles. The largest absolute Gasteiger partial charge is 0.461 e. The van der Waals surface area contributed by atoms with Crippen LogP contribution in [0.25, 0.3) is 0 Å². The fraction of sp³-hybridized carbons (Fsp3) is 0.526. The maximum Gasteiger partial charge on any atom is 0.334 e. The van der Waals surface area contributed by atoms with Gasteiger partial charge in [-0.2, -0.15) is 0 Å². The molecule has 4 atom stereocenters. The summed E-state index contributed by atoms with van der Waals surface area (Å²) in [7, 11) is 0. The van der Waals surface area contributed by atoms with Crippen molar-refractivity contribution in [1.29, 1.82) is 0 Å². The topological polar surface area (TPSA) is 89.9 Å². The van der Waals surface area contributed by atoms with Gasteiger partial charge in [-0.1, -0.05) is 20.4 Å². The van der Waals surface area contributed by atoms with Crippen LogP contribution in [-0.2, 0) is 23.9 Å². The normalized spacial score (nSPS) is 36.3. The summed E-state index contributed by atoms with van der Waals surface area (Å²) in [5.74, 6) is -2.34. The van der Waals surface area contributed by atoms with E-state index in [2.05, 4.69) is 6.58 Å². The number of hydrogen-bond donors (Lipinski definition) is 1. The van der Waals surface area contributed by atoms with Gasteiger partial charge in [-0.15, -0.1) is 0 Å². The van der Waals surface area contributed by atoms with E-state index < -0.39 is 35.7 Å². The third-order valence-corrected chi connectivity index (χ3v) is 4.41. The third kappa shape index (κ3) is 4.25. The Kier molecular flexibility index (Phi) is 5.32. The van der Waals surface area contributed by atoms with E-state index in [-0.39, 0.29) is 23.7 Å². The summed E-state index contributed by atoms with van der Waals surface area (Å²) in [4.78, 5) is 36.2. The van der Waals surface area contributed by atoms with Gasteiger partial charge in [0, 0.05) is 12.0 Å². The van der Waals surface area contributed by atoms with E-state index >= 15 is 0 Å². The highest BCUT2D eigenvalue weighted by atomic mass is 16.6. The molecule has 1 saturated heterocycles. The predicted molar refractivity (Wildman–Crippen MR) is 90.4 cm³/mol. The van der Waals surface area contributed by atoms with Crippen LogP contribution in [0.15, 0.2) is 36.0 Å². The molecule has 0 radical (unpaired) electrons. The maximum absolute atomic E-state index is 12.1. The van der Waals surface area contributed by atoms with E-state index in [1.54, 1.807) is 26.8 Å². The Morgan fingerprint density at radius 3 is 2.68 bits per heavy atom. The minimum Gasteiger partial charge on any atom is -0.461 e. The van der Waals surface area contributed by atoms with Crippen molar-refractivity contribution in [1.82, 2.24) is 0 Å². The lowest BCUT2D eigenvalue weighted by Crippen LogP contribution is -2.40. The van der Waals surface area contributed by atoms with E-state index in [9.17, 15) is 19.5 Å². The lowest BCUT2D eigenvalue weighted by atomic mass is 9.82. The van der Waals surface area contributed by atoms with Crippen molar-refractivity contribution < 1.29 is 29.0 Å². The summed E-state index contributed by atoms with van der Waals surface area (Å²) in [6.45, 7) is 10.3. The molecule has 136 valence electrons. The number of ketones is 1. The summed E-state index contributed by atoms with van der Waals surface area (Å²) in [5.41, 5.74) is -0.852. The SMILES string of the molecule is C=C1C(=O)OC2/C=C(/C)C(=O)/C=C/C(C)(O)CC(OC(=O)C(C)C)C12. The third-order valence-electron chi connectivity index (χ3n) is 4.41. The predicted octanol–water partition coefficient (Wildman–Crippen LogP) is 1.88. The van der Waals surface area contributed by atoms with Crippen LogP contribution in [0.1, 0.15) is 34.1 Å². The molecule has 6 nitrogen and oxygen atoms in total. The molecule has 4 unspecified atom stereocenters. The lowest BCUT2D eigenvalue weighted by molar-refractivity contribution is -0.158. The van der Waals surface area contributed by atoms with E-state index in [1.807, 2.05) is 0 Å². The number of ether oxygens (including phenoxy) is 2. The van der Waals surface area contributed by atoms with E-state index in [4.69, 9.17) is 9.47 Å². The fourth-order valence-electron chi connectivity index (χ4n) is 2.90. The molecule has 2 rings (SSSR count). The van der Waals surface area contributed by atoms with E-state index in [1.165, 1.54) is 19.1 Å². The van der Waals surface area contributed by atoms with Gasteiger partial charge < -0.3 is 14.6 Å². The van der Waals surface area contributed by atoms with Crippen LogP contribution in [0, 0.1) is 11.8 Å². The second-order valence-corrected chi connectivity index (χ2v) is 7.16. The molecule has 0 amide bonds. The van der Waals surface area contributed by atoms with Gasteiger partial charge in [-0.25, -0.2) is 4.79 Å².